The van der Waals surface area contributed by atoms with Gasteiger partial charge in [0.2, 0.25) is 5.91 Å². The Morgan fingerprint density at radius 3 is 2.71 bits per heavy atom. The minimum atomic E-state index is -0.815. The zero-order chi connectivity index (χ0) is 15.2. The van der Waals surface area contributed by atoms with Crippen LogP contribution in [-0.4, -0.2) is 23.0 Å². The summed E-state index contributed by atoms with van der Waals surface area (Å²) < 4.78 is 0. The molecule has 21 heavy (non-hydrogen) atoms. The van der Waals surface area contributed by atoms with Gasteiger partial charge in [-0.3, -0.25) is 9.59 Å². The molecular weight excluding hydrogens is 290 g/mol. The SMILES string of the molecule is O=C(Cc1cccc(Cl)c1)NC1CCCCCC1C(=O)O. The maximum Gasteiger partial charge on any atom is 0.308 e. The third-order valence-electron chi connectivity index (χ3n) is 3.93. The summed E-state index contributed by atoms with van der Waals surface area (Å²) in [4.78, 5) is 23.5. The minimum Gasteiger partial charge on any atom is -0.481 e. The van der Waals surface area contributed by atoms with Crippen molar-refractivity contribution in [3.8, 4) is 0 Å². The molecule has 0 heterocycles. The second kappa shape index (κ2) is 7.46. The third kappa shape index (κ3) is 4.74. The molecule has 1 saturated carbocycles. The molecule has 0 aromatic heterocycles. The fourth-order valence-electron chi connectivity index (χ4n) is 2.87. The molecule has 114 valence electrons. The fraction of sp³-hybridized carbons (Fsp3) is 0.500. The number of halogens is 1. The molecule has 5 heteroatoms. The molecule has 0 aliphatic heterocycles. The Balaban J connectivity index is 1.97. The zero-order valence-electron chi connectivity index (χ0n) is 11.8. The van der Waals surface area contributed by atoms with Gasteiger partial charge in [-0.2, -0.15) is 0 Å². The van der Waals surface area contributed by atoms with Crippen LogP contribution in [0.5, 0.6) is 0 Å². The summed E-state index contributed by atoms with van der Waals surface area (Å²) in [7, 11) is 0. The maximum atomic E-state index is 12.1. The standard InChI is InChI=1S/C16H20ClNO3/c17-12-6-4-5-11(9-12)10-15(19)18-14-8-3-1-2-7-13(14)16(20)21/h4-6,9,13-14H,1-3,7-8,10H2,(H,18,19)(H,20,21). The van der Waals surface area contributed by atoms with E-state index in [1.54, 1.807) is 18.2 Å². The largest absolute Gasteiger partial charge is 0.481 e. The third-order valence-corrected chi connectivity index (χ3v) is 4.17. The van der Waals surface area contributed by atoms with Crippen LogP contribution in [0.1, 0.15) is 37.7 Å². The number of nitrogens with one attached hydrogen (secondary N) is 1. The quantitative estimate of drug-likeness (QED) is 0.840. The van der Waals surface area contributed by atoms with E-state index in [0.29, 0.717) is 11.4 Å². The van der Waals surface area contributed by atoms with Gasteiger partial charge in [-0.15, -0.1) is 0 Å². The summed E-state index contributed by atoms with van der Waals surface area (Å²) >= 11 is 5.90. The fourth-order valence-corrected chi connectivity index (χ4v) is 3.08. The van der Waals surface area contributed by atoms with E-state index in [2.05, 4.69) is 5.32 Å². The van der Waals surface area contributed by atoms with Crippen molar-refractivity contribution >= 4 is 23.5 Å². The van der Waals surface area contributed by atoms with Gasteiger partial charge in [-0.05, 0) is 30.5 Å². The number of hydrogen-bond acceptors (Lipinski definition) is 2. The number of hydrogen-bond donors (Lipinski definition) is 2. The van der Waals surface area contributed by atoms with Crippen LogP contribution in [0.2, 0.25) is 5.02 Å². The molecule has 2 N–H and O–H groups in total. The predicted molar refractivity (Wildman–Crippen MR) is 81.3 cm³/mol. The smallest absolute Gasteiger partial charge is 0.308 e. The number of rotatable bonds is 4. The maximum absolute atomic E-state index is 12.1. The molecule has 2 unspecified atom stereocenters. The number of benzene rings is 1. The van der Waals surface area contributed by atoms with E-state index in [1.807, 2.05) is 6.07 Å². The lowest BCUT2D eigenvalue weighted by Crippen LogP contribution is -2.43. The van der Waals surface area contributed by atoms with Crippen molar-refractivity contribution in [1.29, 1.82) is 0 Å². The molecule has 1 aliphatic rings. The minimum absolute atomic E-state index is 0.143. The van der Waals surface area contributed by atoms with Gasteiger partial charge in [0.1, 0.15) is 0 Å². The Morgan fingerprint density at radius 2 is 2.00 bits per heavy atom. The van der Waals surface area contributed by atoms with Crippen LogP contribution in [0.3, 0.4) is 0 Å². The summed E-state index contributed by atoms with van der Waals surface area (Å²) in [6.45, 7) is 0. The molecule has 1 amide bonds. The molecule has 0 radical (unpaired) electrons. The van der Waals surface area contributed by atoms with Crippen molar-refractivity contribution < 1.29 is 14.7 Å². The first-order valence-electron chi connectivity index (χ1n) is 7.33. The Labute approximate surface area is 129 Å². The highest BCUT2D eigenvalue weighted by atomic mass is 35.5. The molecule has 1 aliphatic carbocycles. The number of amides is 1. The van der Waals surface area contributed by atoms with Gasteiger partial charge in [0.25, 0.3) is 0 Å². The van der Waals surface area contributed by atoms with E-state index >= 15 is 0 Å². The summed E-state index contributed by atoms with van der Waals surface area (Å²) in [6.07, 6.45) is 4.51. The van der Waals surface area contributed by atoms with Crippen molar-refractivity contribution in [3.63, 3.8) is 0 Å². The molecular formula is C16H20ClNO3. The molecule has 0 saturated heterocycles. The molecule has 1 fully saturated rings. The Morgan fingerprint density at radius 1 is 1.24 bits per heavy atom. The number of aliphatic carboxylic acids is 1. The summed E-state index contributed by atoms with van der Waals surface area (Å²) in [5.74, 6) is -1.43. The van der Waals surface area contributed by atoms with Crippen LogP contribution in [0.25, 0.3) is 0 Å². The van der Waals surface area contributed by atoms with Crippen molar-refractivity contribution in [3.05, 3.63) is 34.9 Å². The first-order valence-corrected chi connectivity index (χ1v) is 7.70. The van der Waals surface area contributed by atoms with Gasteiger partial charge in [0.05, 0.1) is 12.3 Å². The lowest BCUT2D eigenvalue weighted by molar-refractivity contribution is -0.143. The van der Waals surface area contributed by atoms with E-state index in [0.717, 1.165) is 31.2 Å². The molecule has 2 rings (SSSR count). The monoisotopic (exact) mass is 309 g/mol. The number of carboxylic acid groups (broad SMARTS) is 1. The topological polar surface area (TPSA) is 66.4 Å². The lowest BCUT2D eigenvalue weighted by atomic mass is 9.94. The molecule has 2 atom stereocenters. The highest BCUT2D eigenvalue weighted by molar-refractivity contribution is 6.30. The molecule has 1 aromatic rings. The second-order valence-corrected chi connectivity index (χ2v) is 6.00. The summed E-state index contributed by atoms with van der Waals surface area (Å²) in [5, 5.41) is 12.8. The summed E-state index contributed by atoms with van der Waals surface area (Å²) in [5.41, 5.74) is 0.834. The van der Waals surface area contributed by atoms with E-state index in [-0.39, 0.29) is 18.4 Å². The van der Waals surface area contributed by atoms with E-state index < -0.39 is 11.9 Å². The number of carbonyl (C=O) groups excluding carboxylic acids is 1. The average molecular weight is 310 g/mol. The van der Waals surface area contributed by atoms with E-state index in [4.69, 9.17) is 11.6 Å². The highest BCUT2D eigenvalue weighted by Gasteiger charge is 2.30. The molecule has 0 bridgehead atoms. The van der Waals surface area contributed by atoms with Crippen molar-refractivity contribution in [2.75, 3.05) is 0 Å². The van der Waals surface area contributed by atoms with Gasteiger partial charge in [-0.1, -0.05) is 43.0 Å². The van der Waals surface area contributed by atoms with E-state index in [1.165, 1.54) is 0 Å². The predicted octanol–water partition coefficient (Wildman–Crippen LogP) is 3.03. The molecule has 0 spiro atoms. The van der Waals surface area contributed by atoms with Crippen molar-refractivity contribution in [2.24, 2.45) is 5.92 Å². The Bertz CT molecular complexity index is 518. The van der Waals surface area contributed by atoms with Crippen LogP contribution >= 0.6 is 11.6 Å². The second-order valence-electron chi connectivity index (χ2n) is 5.56. The lowest BCUT2D eigenvalue weighted by Gasteiger charge is -2.22. The van der Waals surface area contributed by atoms with E-state index in [9.17, 15) is 14.7 Å². The van der Waals surface area contributed by atoms with Crippen LogP contribution in [0, 0.1) is 5.92 Å². The average Bonchev–Trinajstić information content (AvgIpc) is 2.64. The number of carbonyl (C=O) groups is 2. The van der Waals surface area contributed by atoms with Gasteiger partial charge in [-0.25, -0.2) is 0 Å². The van der Waals surface area contributed by atoms with Crippen molar-refractivity contribution in [1.82, 2.24) is 5.32 Å². The van der Waals surface area contributed by atoms with Crippen LogP contribution in [-0.2, 0) is 16.0 Å². The Kier molecular flexibility index (Phi) is 5.62. The van der Waals surface area contributed by atoms with Gasteiger partial charge >= 0.3 is 5.97 Å². The zero-order valence-corrected chi connectivity index (χ0v) is 12.6. The first kappa shape index (κ1) is 15.8. The highest BCUT2D eigenvalue weighted by Crippen LogP contribution is 2.24. The van der Waals surface area contributed by atoms with Crippen LogP contribution in [0.4, 0.5) is 0 Å². The summed E-state index contributed by atoms with van der Waals surface area (Å²) in [6, 6.07) is 6.89. The van der Waals surface area contributed by atoms with Gasteiger partial charge in [0.15, 0.2) is 0 Å². The normalized spacial score (nSPS) is 22.3. The van der Waals surface area contributed by atoms with Crippen molar-refractivity contribution in [2.45, 2.75) is 44.6 Å². The van der Waals surface area contributed by atoms with Crippen LogP contribution < -0.4 is 5.32 Å². The molecule has 1 aromatic carbocycles. The number of carboxylic acids is 1. The van der Waals surface area contributed by atoms with Gasteiger partial charge < -0.3 is 10.4 Å². The van der Waals surface area contributed by atoms with Gasteiger partial charge in [0, 0.05) is 11.1 Å². The van der Waals surface area contributed by atoms with Crippen LogP contribution in [0.15, 0.2) is 24.3 Å². The molecule has 4 nitrogen and oxygen atoms in total. The Hall–Kier alpha value is -1.55. The first-order chi connectivity index (χ1) is 10.1.